The molecule has 32 heavy (non-hydrogen) atoms. The van der Waals surface area contributed by atoms with Crippen molar-refractivity contribution in [3.8, 4) is 22.8 Å². The van der Waals surface area contributed by atoms with Gasteiger partial charge in [0, 0.05) is 10.6 Å². The van der Waals surface area contributed by atoms with Gasteiger partial charge < -0.3 is 9.26 Å². The number of fused-ring (bicyclic) bond motifs is 1. The Morgan fingerprint density at radius 3 is 2.88 bits per heavy atom. The second kappa shape index (κ2) is 8.23. The highest BCUT2D eigenvalue weighted by atomic mass is 35.5. The molecule has 0 unspecified atom stereocenters. The van der Waals surface area contributed by atoms with Crippen LogP contribution in [0.4, 0.5) is 0 Å². The highest BCUT2D eigenvalue weighted by Crippen LogP contribution is 2.24. The van der Waals surface area contributed by atoms with E-state index in [4.69, 9.17) is 20.9 Å². The van der Waals surface area contributed by atoms with E-state index in [-0.39, 0.29) is 23.5 Å². The van der Waals surface area contributed by atoms with E-state index in [1.54, 1.807) is 18.2 Å². The lowest BCUT2D eigenvalue weighted by molar-refractivity contribution is 0.338. The molecule has 0 aliphatic heterocycles. The van der Waals surface area contributed by atoms with E-state index in [2.05, 4.69) is 25.4 Å². The van der Waals surface area contributed by atoms with Crippen LogP contribution in [-0.4, -0.2) is 41.3 Å². The molecule has 0 spiro atoms. The Morgan fingerprint density at radius 1 is 1.16 bits per heavy atom. The fourth-order valence-electron chi connectivity index (χ4n) is 3.24. The summed E-state index contributed by atoms with van der Waals surface area (Å²) in [6, 6.07) is 14.4. The molecule has 3 heterocycles. The maximum absolute atomic E-state index is 13.0. The lowest BCUT2D eigenvalue weighted by atomic mass is 10.2. The van der Waals surface area contributed by atoms with Gasteiger partial charge in [0.05, 0.1) is 6.61 Å². The second-order valence-corrected chi connectivity index (χ2v) is 7.21. The summed E-state index contributed by atoms with van der Waals surface area (Å²) in [5, 5.41) is 12.7. The zero-order chi connectivity index (χ0) is 22.1. The van der Waals surface area contributed by atoms with E-state index < -0.39 is 0 Å². The fourth-order valence-corrected chi connectivity index (χ4v) is 3.43. The van der Waals surface area contributed by atoms with Crippen molar-refractivity contribution >= 4 is 22.8 Å². The Morgan fingerprint density at radius 2 is 2.03 bits per heavy atom. The molecule has 0 aliphatic carbocycles. The lowest BCUT2D eigenvalue weighted by Gasteiger charge is -2.09. The van der Waals surface area contributed by atoms with Gasteiger partial charge in [-0.1, -0.05) is 46.2 Å². The van der Waals surface area contributed by atoms with E-state index in [1.165, 1.54) is 15.6 Å². The molecule has 0 saturated carbocycles. The molecule has 0 N–H and O–H groups in total. The van der Waals surface area contributed by atoms with Crippen molar-refractivity contribution in [2.24, 2.45) is 0 Å². The fraction of sp³-hybridized carbons (Fsp3) is 0.143. The summed E-state index contributed by atoms with van der Waals surface area (Å²) in [5.41, 5.74) is 1.42. The average Bonchev–Trinajstić information content (AvgIpc) is 3.44. The van der Waals surface area contributed by atoms with Crippen molar-refractivity contribution in [1.29, 1.82) is 0 Å². The monoisotopic (exact) mass is 449 g/mol. The molecule has 5 aromatic rings. The first kappa shape index (κ1) is 19.9. The molecule has 0 fully saturated rings. The Balaban J connectivity index is 1.48. The first-order valence-corrected chi connectivity index (χ1v) is 10.1. The molecule has 5 rings (SSSR count). The number of benzene rings is 2. The van der Waals surface area contributed by atoms with Crippen LogP contribution >= 0.6 is 11.6 Å². The number of hydrogen-bond acceptors (Lipinski definition) is 8. The molecule has 0 atom stereocenters. The van der Waals surface area contributed by atoms with E-state index in [9.17, 15) is 4.79 Å². The third-order valence-electron chi connectivity index (χ3n) is 4.68. The maximum atomic E-state index is 13.0. The van der Waals surface area contributed by atoms with Gasteiger partial charge >= 0.3 is 0 Å². The number of rotatable bonds is 6. The van der Waals surface area contributed by atoms with E-state index in [1.807, 2.05) is 37.3 Å². The molecule has 3 aromatic heterocycles. The summed E-state index contributed by atoms with van der Waals surface area (Å²) in [6.07, 6.45) is 1.40. The molecule has 0 radical (unpaired) electrons. The summed E-state index contributed by atoms with van der Waals surface area (Å²) in [5.74, 6) is 1.24. The van der Waals surface area contributed by atoms with Crippen molar-refractivity contribution in [3.63, 3.8) is 0 Å². The van der Waals surface area contributed by atoms with Gasteiger partial charge in [-0.15, -0.1) is 5.10 Å². The molecule has 0 bridgehead atoms. The smallest absolute Gasteiger partial charge is 0.284 e. The standard InChI is InChI=1S/C21H16ClN7O3/c1-2-31-16-9-4-3-8-15(16)29-20-18(25-27-29)21(30)28(12-23-20)11-17-24-19(26-32-17)13-6-5-7-14(22)10-13/h3-10,12H,2,11H2,1H3. The molecular formula is C21H16ClN7O3. The van der Waals surface area contributed by atoms with Crippen LogP contribution in [0, 0.1) is 0 Å². The van der Waals surface area contributed by atoms with Crippen LogP contribution in [0.3, 0.4) is 0 Å². The summed E-state index contributed by atoms with van der Waals surface area (Å²) < 4.78 is 13.8. The first-order valence-electron chi connectivity index (χ1n) is 9.75. The minimum atomic E-state index is -0.377. The average molecular weight is 450 g/mol. The van der Waals surface area contributed by atoms with Crippen molar-refractivity contribution in [2.45, 2.75) is 13.5 Å². The molecule has 2 aromatic carbocycles. The minimum Gasteiger partial charge on any atom is -0.492 e. The largest absolute Gasteiger partial charge is 0.492 e. The van der Waals surface area contributed by atoms with Crippen LogP contribution in [0.2, 0.25) is 5.02 Å². The van der Waals surface area contributed by atoms with Crippen LogP contribution < -0.4 is 10.3 Å². The molecule has 0 saturated heterocycles. The van der Waals surface area contributed by atoms with E-state index >= 15 is 0 Å². The van der Waals surface area contributed by atoms with Gasteiger partial charge in [-0.25, -0.2) is 4.98 Å². The summed E-state index contributed by atoms with van der Waals surface area (Å²) >= 11 is 6.02. The zero-order valence-corrected chi connectivity index (χ0v) is 17.6. The Kier molecular flexibility index (Phi) is 5.12. The predicted molar refractivity (Wildman–Crippen MR) is 116 cm³/mol. The van der Waals surface area contributed by atoms with Gasteiger partial charge in [0.1, 0.15) is 24.3 Å². The SMILES string of the molecule is CCOc1ccccc1-n1nnc2c(=O)n(Cc3nc(-c4cccc(Cl)c4)no3)cnc21. The topological polar surface area (TPSA) is 114 Å². The normalized spacial score (nSPS) is 11.2. The summed E-state index contributed by atoms with van der Waals surface area (Å²) in [4.78, 5) is 21.7. The third kappa shape index (κ3) is 3.60. The van der Waals surface area contributed by atoms with Crippen molar-refractivity contribution in [3.05, 3.63) is 76.1 Å². The quantitative estimate of drug-likeness (QED) is 0.388. The second-order valence-electron chi connectivity index (χ2n) is 6.77. The van der Waals surface area contributed by atoms with Crippen LogP contribution in [0.1, 0.15) is 12.8 Å². The Bertz CT molecular complexity index is 1470. The summed E-state index contributed by atoms with van der Waals surface area (Å²) in [6.45, 7) is 2.42. The highest BCUT2D eigenvalue weighted by Gasteiger charge is 2.17. The predicted octanol–water partition coefficient (Wildman–Crippen LogP) is 3.13. The highest BCUT2D eigenvalue weighted by molar-refractivity contribution is 6.30. The van der Waals surface area contributed by atoms with Crippen LogP contribution in [0.5, 0.6) is 5.75 Å². The number of hydrogen-bond donors (Lipinski definition) is 0. The minimum absolute atomic E-state index is 0.0394. The molecule has 11 heteroatoms. The molecule has 0 amide bonds. The molecular weight excluding hydrogens is 434 g/mol. The van der Waals surface area contributed by atoms with Gasteiger partial charge in [0.15, 0.2) is 11.2 Å². The molecule has 160 valence electrons. The zero-order valence-electron chi connectivity index (χ0n) is 16.8. The van der Waals surface area contributed by atoms with Gasteiger partial charge in [-0.2, -0.15) is 9.67 Å². The van der Waals surface area contributed by atoms with Crippen molar-refractivity contribution < 1.29 is 9.26 Å². The van der Waals surface area contributed by atoms with Crippen molar-refractivity contribution in [1.82, 2.24) is 34.7 Å². The Hall–Kier alpha value is -4.05. The van der Waals surface area contributed by atoms with Crippen LogP contribution in [-0.2, 0) is 6.54 Å². The van der Waals surface area contributed by atoms with Crippen LogP contribution in [0.25, 0.3) is 28.2 Å². The Labute approximate surface area is 186 Å². The number of ether oxygens (including phenoxy) is 1. The van der Waals surface area contributed by atoms with E-state index in [0.29, 0.717) is 40.1 Å². The lowest BCUT2D eigenvalue weighted by Crippen LogP contribution is -2.21. The number of nitrogens with zero attached hydrogens (tertiary/aromatic N) is 7. The molecule has 0 aliphatic rings. The van der Waals surface area contributed by atoms with Crippen molar-refractivity contribution in [2.75, 3.05) is 6.61 Å². The maximum Gasteiger partial charge on any atom is 0.284 e. The first-order chi connectivity index (χ1) is 15.6. The number of aromatic nitrogens is 7. The summed E-state index contributed by atoms with van der Waals surface area (Å²) in [7, 11) is 0. The number of para-hydroxylation sites is 2. The van der Waals surface area contributed by atoms with Gasteiger partial charge in [-0.05, 0) is 31.2 Å². The van der Waals surface area contributed by atoms with Gasteiger partial charge in [-0.3, -0.25) is 9.36 Å². The van der Waals surface area contributed by atoms with Crippen LogP contribution in [0.15, 0.2) is 64.2 Å². The third-order valence-corrected chi connectivity index (χ3v) is 4.91. The van der Waals surface area contributed by atoms with Gasteiger partial charge in [0.2, 0.25) is 11.7 Å². The van der Waals surface area contributed by atoms with Gasteiger partial charge in [0.25, 0.3) is 5.56 Å². The van der Waals surface area contributed by atoms with E-state index in [0.717, 1.165) is 0 Å². The number of halogens is 1. The molecule has 10 nitrogen and oxygen atoms in total.